The normalized spacial score (nSPS) is 15.1. The molecule has 56 valence electrons. The van der Waals surface area contributed by atoms with Gasteiger partial charge in [-0.3, -0.25) is 0 Å². The maximum Gasteiger partial charge on any atom is 0.0690 e. The van der Waals surface area contributed by atoms with Crippen molar-refractivity contribution in [3.63, 3.8) is 0 Å². The SMILES string of the molecule is C/C=C/C(C)C(C)(C)C#N. The molecule has 0 aliphatic rings. The monoisotopic (exact) mass is 137 g/mol. The molecule has 0 amide bonds. The standard InChI is InChI=1S/C9H15N/c1-5-6-8(2)9(3,4)7-10/h5-6,8H,1-4H3/b6-5+. The van der Waals surface area contributed by atoms with Gasteiger partial charge in [0.1, 0.15) is 0 Å². The summed E-state index contributed by atoms with van der Waals surface area (Å²) in [7, 11) is 0. The fourth-order valence-corrected chi connectivity index (χ4v) is 0.631. The summed E-state index contributed by atoms with van der Waals surface area (Å²) in [6.07, 6.45) is 4.05. The number of hydrogen-bond acceptors (Lipinski definition) is 1. The van der Waals surface area contributed by atoms with E-state index >= 15 is 0 Å². The van der Waals surface area contributed by atoms with Gasteiger partial charge in [-0.1, -0.05) is 19.1 Å². The van der Waals surface area contributed by atoms with Gasteiger partial charge in [0.15, 0.2) is 0 Å². The van der Waals surface area contributed by atoms with Crippen LogP contribution in [0.1, 0.15) is 27.7 Å². The number of nitrogens with zero attached hydrogens (tertiary/aromatic N) is 1. The minimum absolute atomic E-state index is 0.230. The smallest absolute Gasteiger partial charge is 0.0690 e. The molecular weight excluding hydrogens is 122 g/mol. The van der Waals surface area contributed by atoms with Crippen molar-refractivity contribution in [3.8, 4) is 6.07 Å². The van der Waals surface area contributed by atoms with E-state index < -0.39 is 0 Å². The first-order valence-corrected chi connectivity index (χ1v) is 3.58. The van der Waals surface area contributed by atoms with Crippen LogP contribution in [0.4, 0.5) is 0 Å². The Morgan fingerprint density at radius 1 is 1.50 bits per heavy atom. The van der Waals surface area contributed by atoms with Crippen LogP contribution in [-0.4, -0.2) is 0 Å². The Bertz CT molecular complexity index is 160. The topological polar surface area (TPSA) is 23.8 Å². The first-order valence-electron chi connectivity index (χ1n) is 3.58. The molecule has 0 N–H and O–H groups in total. The van der Waals surface area contributed by atoms with Gasteiger partial charge in [-0.05, 0) is 26.7 Å². The maximum atomic E-state index is 8.71. The van der Waals surface area contributed by atoms with Crippen LogP contribution >= 0.6 is 0 Å². The Morgan fingerprint density at radius 2 is 2.00 bits per heavy atom. The molecule has 0 spiro atoms. The number of hydrogen-bond donors (Lipinski definition) is 0. The average molecular weight is 137 g/mol. The van der Waals surface area contributed by atoms with Gasteiger partial charge in [-0.15, -0.1) is 0 Å². The molecule has 0 aliphatic carbocycles. The van der Waals surface area contributed by atoms with E-state index in [0.29, 0.717) is 5.92 Å². The molecule has 0 aromatic carbocycles. The largest absolute Gasteiger partial charge is 0.198 e. The quantitative estimate of drug-likeness (QED) is 0.537. The second-order valence-corrected chi connectivity index (χ2v) is 3.15. The van der Waals surface area contributed by atoms with Gasteiger partial charge in [0.2, 0.25) is 0 Å². The molecule has 0 heterocycles. The van der Waals surface area contributed by atoms with Gasteiger partial charge in [0.05, 0.1) is 11.5 Å². The molecule has 0 rings (SSSR count). The molecule has 0 aromatic rings. The van der Waals surface area contributed by atoms with Gasteiger partial charge in [0.25, 0.3) is 0 Å². The summed E-state index contributed by atoms with van der Waals surface area (Å²) < 4.78 is 0. The molecule has 0 saturated carbocycles. The van der Waals surface area contributed by atoms with Crippen molar-refractivity contribution in [1.29, 1.82) is 5.26 Å². The van der Waals surface area contributed by atoms with E-state index in [2.05, 4.69) is 19.1 Å². The van der Waals surface area contributed by atoms with Crippen molar-refractivity contribution in [2.24, 2.45) is 11.3 Å². The van der Waals surface area contributed by atoms with E-state index in [0.717, 1.165) is 0 Å². The first kappa shape index (κ1) is 9.23. The zero-order valence-electron chi connectivity index (χ0n) is 7.18. The molecule has 10 heavy (non-hydrogen) atoms. The van der Waals surface area contributed by atoms with Crippen molar-refractivity contribution < 1.29 is 0 Å². The van der Waals surface area contributed by atoms with Crippen LogP contribution in [0.5, 0.6) is 0 Å². The molecule has 1 unspecified atom stereocenters. The highest BCUT2D eigenvalue weighted by atomic mass is 14.3. The van der Waals surface area contributed by atoms with Gasteiger partial charge >= 0.3 is 0 Å². The third kappa shape index (κ3) is 2.23. The third-order valence-corrected chi connectivity index (χ3v) is 1.91. The number of rotatable bonds is 2. The van der Waals surface area contributed by atoms with Crippen LogP contribution < -0.4 is 0 Å². The van der Waals surface area contributed by atoms with Gasteiger partial charge in [0, 0.05) is 0 Å². The summed E-state index contributed by atoms with van der Waals surface area (Å²) >= 11 is 0. The first-order chi connectivity index (χ1) is 4.54. The maximum absolute atomic E-state index is 8.71. The second kappa shape index (κ2) is 3.41. The van der Waals surface area contributed by atoms with Gasteiger partial charge in [-0.25, -0.2) is 0 Å². The fourth-order valence-electron chi connectivity index (χ4n) is 0.631. The van der Waals surface area contributed by atoms with Crippen molar-refractivity contribution in [1.82, 2.24) is 0 Å². The molecule has 0 fully saturated rings. The summed E-state index contributed by atoms with van der Waals surface area (Å²) in [6.45, 7) is 7.95. The lowest BCUT2D eigenvalue weighted by atomic mass is 9.81. The highest BCUT2D eigenvalue weighted by Gasteiger charge is 2.22. The van der Waals surface area contributed by atoms with E-state index in [1.54, 1.807) is 0 Å². The lowest BCUT2D eigenvalue weighted by molar-refractivity contribution is 0.381. The Balaban J connectivity index is 4.21. The Hall–Kier alpha value is -0.770. The molecule has 0 aromatic heterocycles. The summed E-state index contributed by atoms with van der Waals surface area (Å²) in [5.41, 5.74) is -0.230. The Kier molecular flexibility index (Phi) is 3.15. The number of nitriles is 1. The summed E-state index contributed by atoms with van der Waals surface area (Å²) in [5, 5.41) is 8.71. The minimum atomic E-state index is -0.230. The van der Waals surface area contributed by atoms with E-state index in [1.165, 1.54) is 0 Å². The van der Waals surface area contributed by atoms with Gasteiger partial charge in [-0.2, -0.15) is 5.26 Å². The molecule has 0 radical (unpaired) electrons. The van der Waals surface area contributed by atoms with Crippen LogP contribution in [0.2, 0.25) is 0 Å². The lowest BCUT2D eigenvalue weighted by Gasteiger charge is -2.20. The minimum Gasteiger partial charge on any atom is -0.198 e. The van der Waals surface area contributed by atoms with Crippen LogP contribution in [0, 0.1) is 22.7 Å². The van der Waals surface area contributed by atoms with Gasteiger partial charge < -0.3 is 0 Å². The third-order valence-electron chi connectivity index (χ3n) is 1.91. The molecule has 1 nitrogen and oxygen atoms in total. The highest BCUT2D eigenvalue weighted by Crippen LogP contribution is 2.25. The summed E-state index contributed by atoms with van der Waals surface area (Å²) in [4.78, 5) is 0. The van der Waals surface area contributed by atoms with E-state index in [4.69, 9.17) is 5.26 Å². The molecule has 1 heteroatoms. The molecule has 0 bridgehead atoms. The van der Waals surface area contributed by atoms with E-state index in [-0.39, 0.29) is 5.41 Å². The van der Waals surface area contributed by atoms with Crippen molar-refractivity contribution in [2.45, 2.75) is 27.7 Å². The van der Waals surface area contributed by atoms with Crippen LogP contribution in [0.3, 0.4) is 0 Å². The number of allylic oxidation sites excluding steroid dienone is 2. The Morgan fingerprint density at radius 3 is 2.30 bits per heavy atom. The summed E-state index contributed by atoms with van der Waals surface area (Å²) in [6, 6.07) is 2.27. The second-order valence-electron chi connectivity index (χ2n) is 3.15. The lowest BCUT2D eigenvalue weighted by Crippen LogP contribution is -2.16. The van der Waals surface area contributed by atoms with Crippen molar-refractivity contribution in [2.75, 3.05) is 0 Å². The van der Waals surface area contributed by atoms with Crippen LogP contribution in [0.25, 0.3) is 0 Å². The molecule has 0 aliphatic heterocycles. The van der Waals surface area contributed by atoms with Crippen molar-refractivity contribution >= 4 is 0 Å². The van der Waals surface area contributed by atoms with Crippen LogP contribution in [-0.2, 0) is 0 Å². The molecular formula is C9H15N. The summed E-state index contributed by atoms with van der Waals surface area (Å²) in [5.74, 6) is 0.336. The van der Waals surface area contributed by atoms with E-state index in [9.17, 15) is 0 Å². The fraction of sp³-hybridized carbons (Fsp3) is 0.667. The predicted molar refractivity (Wildman–Crippen MR) is 43.4 cm³/mol. The van der Waals surface area contributed by atoms with Crippen molar-refractivity contribution in [3.05, 3.63) is 12.2 Å². The Labute approximate surface area is 63.4 Å². The van der Waals surface area contributed by atoms with Crippen LogP contribution in [0.15, 0.2) is 12.2 Å². The van der Waals surface area contributed by atoms with E-state index in [1.807, 2.05) is 26.8 Å². The molecule has 1 atom stereocenters. The highest BCUT2D eigenvalue weighted by molar-refractivity contribution is 5.02. The molecule has 0 saturated heterocycles. The predicted octanol–water partition coefficient (Wildman–Crippen LogP) is 2.75. The average Bonchev–Trinajstić information content (AvgIpc) is 1.89. The zero-order chi connectivity index (χ0) is 8.20. The zero-order valence-corrected chi connectivity index (χ0v) is 7.18.